The lowest BCUT2D eigenvalue weighted by Gasteiger charge is -2.29. The molecule has 1 aliphatic heterocycles. The molecule has 0 aliphatic carbocycles. The van der Waals surface area contributed by atoms with Crippen molar-refractivity contribution in [2.45, 2.75) is 12.8 Å². The lowest BCUT2D eigenvalue weighted by atomic mass is 10.0. The summed E-state index contributed by atoms with van der Waals surface area (Å²) in [5.41, 5.74) is 1.05. The molecule has 0 saturated heterocycles. The first-order chi connectivity index (χ1) is 14.1. The van der Waals surface area contributed by atoms with E-state index in [0.29, 0.717) is 17.7 Å². The number of benzene rings is 2. The molecule has 1 aromatic heterocycles. The molecule has 0 N–H and O–H groups in total. The second-order valence-corrected chi connectivity index (χ2v) is 6.68. The second kappa shape index (κ2) is 7.79. The van der Waals surface area contributed by atoms with Gasteiger partial charge in [-0.25, -0.2) is 9.59 Å². The van der Waals surface area contributed by atoms with Gasteiger partial charge in [0.05, 0.1) is 7.11 Å². The van der Waals surface area contributed by atoms with Crippen LogP contribution >= 0.6 is 0 Å². The third-order valence-corrected chi connectivity index (χ3v) is 4.90. The molecule has 0 unspecified atom stereocenters. The number of esters is 1. The molecule has 4 rings (SSSR count). The number of fused-ring (bicyclic) bond motifs is 2. The van der Waals surface area contributed by atoms with Crippen molar-refractivity contribution in [3.05, 3.63) is 70.1 Å². The van der Waals surface area contributed by atoms with Crippen molar-refractivity contribution < 1.29 is 23.5 Å². The molecule has 2 aromatic carbocycles. The number of amides is 1. The molecule has 7 nitrogen and oxygen atoms in total. The monoisotopic (exact) mass is 393 g/mol. The van der Waals surface area contributed by atoms with Crippen LogP contribution in [0.2, 0.25) is 0 Å². The van der Waals surface area contributed by atoms with Gasteiger partial charge in [-0.2, -0.15) is 0 Å². The Hall–Kier alpha value is -3.61. The van der Waals surface area contributed by atoms with Crippen molar-refractivity contribution >= 4 is 28.5 Å². The Kier molecular flexibility index (Phi) is 5.03. The fraction of sp³-hybridized carbons (Fsp3) is 0.227. The van der Waals surface area contributed by atoms with Gasteiger partial charge in [-0.15, -0.1) is 0 Å². The Bertz CT molecular complexity index is 1150. The summed E-state index contributed by atoms with van der Waals surface area (Å²) in [5, 5.41) is 0.521. The molecule has 0 radical (unpaired) electrons. The predicted molar refractivity (Wildman–Crippen MR) is 106 cm³/mol. The zero-order valence-electron chi connectivity index (χ0n) is 15.8. The number of methoxy groups -OCH3 is 1. The highest BCUT2D eigenvalue weighted by molar-refractivity contribution is 5.98. The van der Waals surface area contributed by atoms with Gasteiger partial charge >= 0.3 is 11.6 Å². The number of hydrogen-bond donors (Lipinski definition) is 0. The van der Waals surface area contributed by atoms with Gasteiger partial charge in [-0.3, -0.25) is 4.79 Å². The number of para-hydroxylation sites is 2. The first-order valence-corrected chi connectivity index (χ1v) is 9.25. The summed E-state index contributed by atoms with van der Waals surface area (Å²) in [4.78, 5) is 38.9. The molecule has 0 fully saturated rings. The van der Waals surface area contributed by atoms with E-state index in [0.717, 1.165) is 24.1 Å². The normalized spacial score (nSPS) is 13.1. The van der Waals surface area contributed by atoms with Gasteiger partial charge in [-0.1, -0.05) is 30.3 Å². The van der Waals surface area contributed by atoms with Crippen LogP contribution in [0.3, 0.4) is 0 Å². The number of aryl methyl sites for hydroxylation is 1. The van der Waals surface area contributed by atoms with Crippen molar-refractivity contribution in [3.8, 4) is 5.75 Å². The number of carbonyl (C=O) groups excluding carboxylic acids is 2. The summed E-state index contributed by atoms with van der Waals surface area (Å²) in [6.45, 7) is 0.105. The maximum absolute atomic E-state index is 12.6. The average molecular weight is 393 g/mol. The smallest absolute Gasteiger partial charge is 0.351 e. The van der Waals surface area contributed by atoms with E-state index in [-0.39, 0.29) is 17.1 Å². The third kappa shape index (κ3) is 3.59. The number of nitrogens with zero attached hydrogens (tertiary/aromatic N) is 1. The quantitative estimate of drug-likeness (QED) is 0.500. The van der Waals surface area contributed by atoms with Gasteiger partial charge in [0.2, 0.25) is 0 Å². The summed E-state index contributed by atoms with van der Waals surface area (Å²) < 4.78 is 15.5. The van der Waals surface area contributed by atoms with Gasteiger partial charge in [0, 0.05) is 17.6 Å². The molecule has 1 amide bonds. The van der Waals surface area contributed by atoms with E-state index >= 15 is 0 Å². The van der Waals surface area contributed by atoms with Crippen LogP contribution in [0.4, 0.5) is 5.69 Å². The maximum atomic E-state index is 12.6. The molecule has 2 heterocycles. The highest BCUT2D eigenvalue weighted by Gasteiger charge is 2.24. The Morgan fingerprint density at radius 3 is 2.79 bits per heavy atom. The summed E-state index contributed by atoms with van der Waals surface area (Å²) >= 11 is 0. The van der Waals surface area contributed by atoms with Crippen molar-refractivity contribution in [2.75, 3.05) is 25.2 Å². The SMILES string of the molecule is COc1cccc2cc(C(=O)OCC(=O)N3CCCc4ccccc43)c(=O)oc12. The van der Waals surface area contributed by atoms with E-state index in [1.807, 2.05) is 24.3 Å². The lowest BCUT2D eigenvalue weighted by Crippen LogP contribution is -2.38. The van der Waals surface area contributed by atoms with E-state index in [2.05, 4.69) is 0 Å². The lowest BCUT2D eigenvalue weighted by molar-refractivity contribution is -0.121. The standard InChI is InChI=1S/C22H19NO6/c1-27-18-10-4-7-15-12-16(22(26)29-20(15)18)21(25)28-13-19(24)23-11-5-8-14-6-2-3-9-17(14)23/h2-4,6-7,9-10,12H,5,8,11,13H2,1H3. The number of anilines is 1. The maximum Gasteiger partial charge on any atom is 0.351 e. The summed E-state index contributed by atoms with van der Waals surface area (Å²) in [5.74, 6) is -0.849. The van der Waals surface area contributed by atoms with Crippen molar-refractivity contribution in [1.29, 1.82) is 0 Å². The molecule has 0 spiro atoms. The fourth-order valence-electron chi connectivity index (χ4n) is 3.50. The zero-order valence-corrected chi connectivity index (χ0v) is 15.8. The zero-order chi connectivity index (χ0) is 20.4. The molecule has 7 heteroatoms. The average Bonchev–Trinajstić information content (AvgIpc) is 2.76. The van der Waals surface area contributed by atoms with E-state index in [1.165, 1.54) is 13.2 Å². The largest absolute Gasteiger partial charge is 0.493 e. The van der Waals surface area contributed by atoms with Crippen molar-refractivity contribution in [1.82, 2.24) is 0 Å². The molecule has 29 heavy (non-hydrogen) atoms. The Morgan fingerprint density at radius 1 is 1.14 bits per heavy atom. The minimum atomic E-state index is -0.901. The van der Waals surface area contributed by atoms with E-state index < -0.39 is 18.2 Å². The topological polar surface area (TPSA) is 86.0 Å². The second-order valence-electron chi connectivity index (χ2n) is 6.68. The number of ether oxygens (including phenoxy) is 2. The molecule has 3 aromatic rings. The number of carbonyl (C=O) groups is 2. The van der Waals surface area contributed by atoms with Gasteiger partial charge in [0.25, 0.3) is 5.91 Å². The molecular weight excluding hydrogens is 374 g/mol. The molecule has 148 valence electrons. The minimum absolute atomic E-state index is 0.248. The van der Waals surface area contributed by atoms with Crippen LogP contribution in [0.15, 0.2) is 57.7 Å². The minimum Gasteiger partial charge on any atom is -0.493 e. The third-order valence-electron chi connectivity index (χ3n) is 4.90. The Labute approximate surface area is 166 Å². The van der Waals surface area contributed by atoms with Crippen LogP contribution < -0.4 is 15.3 Å². The first kappa shape index (κ1) is 18.7. The van der Waals surface area contributed by atoms with Crippen LogP contribution in [-0.2, 0) is 16.0 Å². The Morgan fingerprint density at radius 2 is 1.97 bits per heavy atom. The highest BCUT2D eigenvalue weighted by Crippen LogP contribution is 2.27. The van der Waals surface area contributed by atoms with Crippen LogP contribution in [0.5, 0.6) is 5.75 Å². The van der Waals surface area contributed by atoms with Gasteiger partial charge in [0.15, 0.2) is 17.9 Å². The molecule has 0 atom stereocenters. The predicted octanol–water partition coefficient (Wildman–Crippen LogP) is 2.94. The Balaban J connectivity index is 1.51. The van der Waals surface area contributed by atoms with Crippen LogP contribution in [0.25, 0.3) is 11.0 Å². The number of hydrogen-bond acceptors (Lipinski definition) is 6. The summed E-state index contributed by atoms with van der Waals surface area (Å²) in [6, 6.07) is 14.1. The molecule has 0 bridgehead atoms. The molecule has 0 saturated carbocycles. The van der Waals surface area contributed by atoms with E-state index in [4.69, 9.17) is 13.9 Å². The van der Waals surface area contributed by atoms with E-state index in [9.17, 15) is 14.4 Å². The molecular formula is C22H19NO6. The van der Waals surface area contributed by atoms with Gasteiger partial charge in [0.1, 0.15) is 5.56 Å². The molecule has 1 aliphatic rings. The van der Waals surface area contributed by atoms with Crippen LogP contribution in [0.1, 0.15) is 22.3 Å². The van der Waals surface area contributed by atoms with Crippen molar-refractivity contribution in [3.63, 3.8) is 0 Å². The highest BCUT2D eigenvalue weighted by atomic mass is 16.5. The van der Waals surface area contributed by atoms with Crippen molar-refractivity contribution in [2.24, 2.45) is 0 Å². The van der Waals surface area contributed by atoms with Crippen LogP contribution in [0, 0.1) is 0 Å². The van der Waals surface area contributed by atoms with Gasteiger partial charge < -0.3 is 18.8 Å². The van der Waals surface area contributed by atoms with Gasteiger partial charge in [-0.05, 0) is 36.6 Å². The summed E-state index contributed by atoms with van der Waals surface area (Å²) in [7, 11) is 1.46. The fourth-order valence-corrected chi connectivity index (χ4v) is 3.50. The van der Waals surface area contributed by atoms with E-state index in [1.54, 1.807) is 23.1 Å². The first-order valence-electron chi connectivity index (χ1n) is 9.25. The summed E-state index contributed by atoms with van der Waals surface area (Å²) in [6.07, 6.45) is 1.74. The number of rotatable bonds is 4. The van der Waals surface area contributed by atoms with Crippen LogP contribution in [-0.4, -0.2) is 32.1 Å².